The molecule has 0 unspecified atom stereocenters. The van der Waals surface area contributed by atoms with Gasteiger partial charge in [-0.15, -0.1) is 0 Å². The van der Waals surface area contributed by atoms with Gasteiger partial charge in [-0.3, -0.25) is 52.7 Å². The maximum absolute atomic E-state index is 13.5. The molecule has 0 radical (unpaired) electrons. The number of aliphatic hydroxyl groups is 1. The number of hydrogen-bond acceptors (Lipinski definition) is 13. The summed E-state index contributed by atoms with van der Waals surface area (Å²) in [6.45, 7) is 8.75. The number of carboxylic acid groups (broad SMARTS) is 1. The molecule has 2 saturated heterocycles. The van der Waals surface area contributed by atoms with Crippen LogP contribution in [0.2, 0.25) is 0 Å². The number of hydrogen-bond donors (Lipinski definition) is 7. The van der Waals surface area contributed by atoms with Crippen molar-refractivity contribution >= 4 is 64.4 Å². The minimum Gasteiger partial charge on any atom is -0.481 e. The average molecular weight is 905 g/mol. The van der Waals surface area contributed by atoms with Crippen LogP contribution in [0.25, 0.3) is 0 Å². The minimum absolute atomic E-state index is 0.0528. The van der Waals surface area contributed by atoms with Crippen molar-refractivity contribution in [3.05, 3.63) is 0 Å². The van der Waals surface area contributed by atoms with Crippen LogP contribution in [0.1, 0.15) is 144 Å². The van der Waals surface area contributed by atoms with Gasteiger partial charge in [0, 0.05) is 76.3 Å². The highest BCUT2D eigenvalue weighted by Gasteiger charge is 2.36. The first-order valence-corrected chi connectivity index (χ1v) is 22.8. The van der Waals surface area contributed by atoms with E-state index in [0.29, 0.717) is 32.2 Å². The number of Topliss-reactive ketones (excluding diaryl/α,β-unsaturated/α-hetero) is 5. The van der Waals surface area contributed by atoms with Gasteiger partial charge in [0.15, 0.2) is 23.1 Å². The molecule has 0 bridgehead atoms. The highest BCUT2D eigenvalue weighted by Crippen LogP contribution is 2.25. The lowest BCUT2D eigenvalue weighted by Gasteiger charge is -2.25. The summed E-state index contributed by atoms with van der Waals surface area (Å²) in [6, 6.07) is -3.47. The number of nitrogens with zero attached hydrogens (tertiary/aromatic N) is 1. The summed E-state index contributed by atoms with van der Waals surface area (Å²) in [5.74, 6) is -8.67. The smallest absolute Gasteiger partial charge is 0.306 e. The molecule has 0 saturated carbocycles. The number of rotatable bonds is 32. The van der Waals surface area contributed by atoms with Crippen molar-refractivity contribution in [1.82, 2.24) is 26.2 Å². The Bertz CT molecular complexity index is 1680. The maximum atomic E-state index is 13.5. The zero-order valence-corrected chi connectivity index (χ0v) is 38.2. The number of carbonyl (C=O) groups is 11. The average Bonchev–Trinajstić information content (AvgIpc) is 3.91. The number of unbranched alkanes of at least 4 members (excludes halogenated alkanes) is 2. The van der Waals surface area contributed by atoms with Crippen molar-refractivity contribution in [2.24, 2.45) is 29.4 Å². The Morgan fingerprint density at radius 1 is 0.781 bits per heavy atom. The summed E-state index contributed by atoms with van der Waals surface area (Å²) in [5, 5.41) is 29.8. The third-order valence-corrected chi connectivity index (χ3v) is 11.8. The molecule has 5 amide bonds. The van der Waals surface area contributed by atoms with Crippen LogP contribution in [0.3, 0.4) is 0 Å². The Kier molecular flexibility index (Phi) is 24.2. The van der Waals surface area contributed by atoms with E-state index in [9.17, 15) is 63.0 Å². The van der Waals surface area contributed by atoms with Crippen LogP contribution in [0, 0.1) is 23.7 Å². The van der Waals surface area contributed by atoms with Crippen LogP contribution in [0.4, 0.5) is 0 Å². The molecule has 2 aliphatic heterocycles. The summed E-state index contributed by atoms with van der Waals surface area (Å²) < 4.78 is 0. The lowest BCUT2D eigenvalue weighted by atomic mass is 9.88. The normalized spacial score (nSPS) is 19.5. The van der Waals surface area contributed by atoms with Gasteiger partial charge in [-0.05, 0) is 51.4 Å². The van der Waals surface area contributed by atoms with Crippen LogP contribution in [-0.2, 0) is 52.7 Å². The molecule has 8 N–H and O–H groups in total. The van der Waals surface area contributed by atoms with Gasteiger partial charge in [-0.2, -0.15) is 0 Å². The molecule has 0 aliphatic carbocycles. The van der Waals surface area contributed by atoms with E-state index >= 15 is 0 Å². The second kappa shape index (κ2) is 28.1. The van der Waals surface area contributed by atoms with E-state index in [2.05, 4.69) is 21.3 Å². The van der Waals surface area contributed by atoms with E-state index in [1.54, 1.807) is 0 Å². The van der Waals surface area contributed by atoms with Gasteiger partial charge in [-0.1, -0.05) is 47.0 Å². The van der Waals surface area contributed by atoms with Crippen molar-refractivity contribution in [1.29, 1.82) is 0 Å². The van der Waals surface area contributed by atoms with Crippen molar-refractivity contribution in [2.45, 2.75) is 174 Å². The lowest BCUT2D eigenvalue weighted by Crippen LogP contribution is -2.44. The SMILES string of the molecule is CCCCC[C@H](CC(=O)[C@@H]1CCCN1C(=O)CCC(=O)[C@H](C)NC(=O)[C@H](C)CC(=O)CNC(=O)[C@@H](CC(=O)[C@H](CCC(N)=O)NC(=O)CCC(=O)[C@@H]1C[C@@H](O)CN1)CC(C)C)C(=O)O. The largest absolute Gasteiger partial charge is 0.481 e. The Balaban J connectivity index is 1.87. The number of nitrogens with two attached hydrogens (primary N) is 1. The summed E-state index contributed by atoms with van der Waals surface area (Å²) in [7, 11) is 0. The third-order valence-electron chi connectivity index (χ3n) is 11.8. The van der Waals surface area contributed by atoms with Gasteiger partial charge in [0.05, 0.1) is 42.7 Å². The Labute approximate surface area is 375 Å². The summed E-state index contributed by atoms with van der Waals surface area (Å²) in [6.07, 6.45) is 1.77. The quantitative estimate of drug-likeness (QED) is 0.0468. The van der Waals surface area contributed by atoms with Gasteiger partial charge >= 0.3 is 5.97 Å². The molecule has 19 heteroatoms. The zero-order valence-electron chi connectivity index (χ0n) is 38.2. The second-order valence-corrected chi connectivity index (χ2v) is 17.9. The van der Waals surface area contributed by atoms with Crippen molar-refractivity contribution in [3.8, 4) is 0 Å². The number of amides is 5. The van der Waals surface area contributed by atoms with Gasteiger partial charge < -0.3 is 42.1 Å². The lowest BCUT2D eigenvalue weighted by molar-refractivity contribution is -0.145. The molecule has 0 aromatic rings. The third kappa shape index (κ3) is 19.9. The number of carbonyl (C=O) groups excluding carboxylic acids is 10. The molecule has 0 aromatic carbocycles. The van der Waals surface area contributed by atoms with Gasteiger partial charge in [-0.25, -0.2) is 0 Å². The van der Waals surface area contributed by atoms with E-state index in [1.165, 1.54) is 18.7 Å². The number of ketones is 5. The number of aliphatic carboxylic acids is 1. The van der Waals surface area contributed by atoms with Crippen LogP contribution in [-0.4, -0.2) is 129 Å². The van der Waals surface area contributed by atoms with Crippen molar-refractivity contribution in [2.75, 3.05) is 19.6 Å². The number of carboxylic acids is 1. The zero-order chi connectivity index (χ0) is 48.1. The predicted molar refractivity (Wildman–Crippen MR) is 233 cm³/mol. The molecular weight excluding hydrogens is 833 g/mol. The topological polar surface area (TPSA) is 306 Å². The summed E-state index contributed by atoms with van der Waals surface area (Å²) >= 11 is 0. The van der Waals surface area contributed by atoms with E-state index in [4.69, 9.17) is 5.73 Å². The molecule has 8 atom stereocenters. The van der Waals surface area contributed by atoms with Crippen LogP contribution in [0.5, 0.6) is 0 Å². The van der Waals surface area contributed by atoms with E-state index < -0.39 is 107 Å². The predicted octanol–water partition coefficient (Wildman–Crippen LogP) is 1.23. The van der Waals surface area contributed by atoms with Crippen LogP contribution in [0.15, 0.2) is 0 Å². The first-order chi connectivity index (χ1) is 30.1. The maximum Gasteiger partial charge on any atom is 0.306 e. The summed E-state index contributed by atoms with van der Waals surface area (Å²) in [4.78, 5) is 142. The molecule has 2 fully saturated rings. The fourth-order valence-electron chi connectivity index (χ4n) is 8.07. The number of aliphatic hydroxyl groups excluding tert-OH is 1. The molecule has 0 spiro atoms. The first kappa shape index (κ1) is 55.2. The standard InChI is InChI=1S/C45H72N6O13/c1-6-7-8-10-29(45(63)64)21-39(57)35-11-9-18-51(35)42(60)17-14-36(54)28(5)49-43(61)27(4)20-31(52)25-48-44(62)30(19-26(2)3)22-38(56)33(12-15-40(46)58)50-41(59)16-13-37(55)34-23-32(53)24-47-34/h26-30,32-35,47,53H,6-25H2,1-5H3,(H2,46,58)(H,48,62)(H,49,61)(H,50,59)(H,63,64)/t27-,28+,29-,30-,32-,33+,34+,35+/m1/s1. The van der Waals surface area contributed by atoms with E-state index in [-0.39, 0.29) is 94.7 Å². The van der Waals surface area contributed by atoms with Crippen molar-refractivity contribution < 1.29 is 63.0 Å². The second-order valence-electron chi connectivity index (χ2n) is 17.9. The fourth-order valence-corrected chi connectivity index (χ4v) is 8.07. The Hall–Kier alpha value is -4.91. The molecule has 64 heavy (non-hydrogen) atoms. The Morgan fingerprint density at radius 3 is 2.09 bits per heavy atom. The molecule has 2 heterocycles. The number of primary amides is 1. The molecule has 0 aromatic heterocycles. The highest BCUT2D eigenvalue weighted by atomic mass is 16.4. The Morgan fingerprint density at radius 2 is 1.48 bits per heavy atom. The fraction of sp³-hybridized carbons (Fsp3) is 0.756. The number of nitrogens with one attached hydrogen (secondary N) is 4. The highest BCUT2D eigenvalue weighted by molar-refractivity contribution is 5.97. The van der Waals surface area contributed by atoms with Crippen LogP contribution >= 0.6 is 0 Å². The first-order valence-electron chi connectivity index (χ1n) is 22.8. The van der Waals surface area contributed by atoms with Crippen molar-refractivity contribution in [3.63, 3.8) is 0 Å². The number of likely N-dealkylation sites (tertiary alicyclic amines) is 1. The summed E-state index contributed by atoms with van der Waals surface area (Å²) in [5.41, 5.74) is 5.30. The molecule has 360 valence electrons. The minimum atomic E-state index is -1.17. The van der Waals surface area contributed by atoms with Gasteiger partial charge in [0.25, 0.3) is 0 Å². The van der Waals surface area contributed by atoms with Gasteiger partial charge in [0.2, 0.25) is 29.5 Å². The van der Waals surface area contributed by atoms with Crippen LogP contribution < -0.4 is 27.0 Å². The van der Waals surface area contributed by atoms with E-state index in [0.717, 1.165) is 12.8 Å². The number of β-amino-alcohol motifs (C(OH)–C–C–N with tert-alkyl or cyclic N) is 1. The monoisotopic (exact) mass is 905 g/mol. The molecular formula is C45H72N6O13. The molecule has 2 aliphatic rings. The van der Waals surface area contributed by atoms with Gasteiger partial charge in [0.1, 0.15) is 5.78 Å². The van der Waals surface area contributed by atoms with E-state index in [1.807, 2.05) is 20.8 Å². The molecule has 2 rings (SSSR count). The molecule has 19 nitrogen and oxygen atoms in total.